The fourth-order valence-electron chi connectivity index (χ4n) is 3.37. The van der Waals surface area contributed by atoms with Crippen molar-refractivity contribution in [1.82, 2.24) is 25.3 Å². The molecule has 0 spiro atoms. The van der Waals surface area contributed by atoms with E-state index in [2.05, 4.69) is 49.9 Å². The first-order valence-corrected chi connectivity index (χ1v) is 9.56. The number of benzene rings is 1. The fourth-order valence-corrected chi connectivity index (χ4v) is 3.37. The van der Waals surface area contributed by atoms with Gasteiger partial charge in [0.15, 0.2) is 5.96 Å². The Hall–Kier alpha value is -1.61. The van der Waals surface area contributed by atoms with Crippen molar-refractivity contribution in [3.63, 3.8) is 0 Å². The summed E-state index contributed by atoms with van der Waals surface area (Å²) in [6, 6.07) is 10.4. The lowest BCUT2D eigenvalue weighted by Crippen LogP contribution is -2.42. The molecule has 2 heterocycles. The third-order valence-electron chi connectivity index (χ3n) is 4.85. The molecule has 0 radical (unpaired) electrons. The van der Waals surface area contributed by atoms with Gasteiger partial charge in [0.2, 0.25) is 0 Å². The van der Waals surface area contributed by atoms with E-state index >= 15 is 0 Å². The van der Waals surface area contributed by atoms with Gasteiger partial charge in [-0.3, -0.25) is 9.67 Å². The van der Waals surface area contributed by atoms with Gasteiger partial charge in [0, 0.05) is 39.1 Å². The molecule has 7 heteroatoms. The van der Waals surface area contributed by atoms with Crippen LogP contribution in [-0.4, -0.2) is 53.9 Å². The SMILES string of the molecule is CN=C(NCCN1CCCCC1)NCc1ccccc1Cn1cccn1.I. The van der Waals surface area contributed by atoms with Crippen molar-refractivity contribution >= 4 is 29.9 Å². The Labute approximate surface area is 179 Å². The van der Waals surface area contributed by atoms with Gasteiger partial charge in [-0.1, -0.05) is 30.7 Å². The van der Waals surface area contributed by atoms with Crippen LogP contribution in [0.15, 0.2) is 47.7 Å². The van der Waals surface area contributed by atoms with Crippen molar-refractivity contribution in [2.24, 2.45) is 4.99 Å². The predicted octanol–water partition coefficient (Wildman–Crippen LogP) is 2.70. The minimum Gasteiger partial charge on any atom is -0.355 e. The van der Waals surface area contributed by atoms with E-state index in [0.29, 0.717) is 0 Å². The highest BCUT2D eigenvalue weighted by atomic mass is 127. The summed E-state index contributed by atoms with van der Waals surface area (Å²) in [6.07, 6.45) is 7.85. The van der Waals surface area contributed by atoms with Crippen LogP contribution >= 0.6 is 24.0 Å². The van der Waals surface area contributed by atoms with Crippen molar-refractivity contribution in [2.75, 3.05) is 33.2 Å². The summed E-state index contributed by atoms with van der Waals surface area (Å²) < 4.78 is 1.95. The number of nitrogens with one attached hydrogen (secondary N) is 2. The summed E-state index contributed by atoms with van der Waals surface area (Å²) in [5.74, 6) is 0.857. The topological polar surface area (TPSA) is 57.5 Å². The normalized spacial score (nSPS) is 15.2. The molecular formula is C20H31IN6. The van der Waals surface area contributed by atoms with Crippen LogP contribution < -0.4 is 10.6 Å². The second kappa shape index (κ2) is 12.0. The van der Waals surface area contributed by atoms with Crippen LogP contribution in [0.1, 0.15) is 30.4 Å². The fraction of sp³-hybridized carbons (Fsp3) is 0.500. The van der Waals surface area contributed by atoms with E-state index in [9.17, 15) is 0 Å². The lowest BCUT2D eigenvalue weighted by atomic mass is 10.1. The third kappa shape index (κ3) is 7.14. The minimum atomic E-state index is 0. The lowest BCUT2D eigenvalue weighted by molar-refractivity contribution is 0.232. The van der Waals surface area contributed by atoms with Crippen molar-refractivity contribution in [2.45, 2.75) is 32.4 Å². The second-order valence-corrected chi connectivity index (χ2v) is 6.73. The summed E-state index contributed by atoms with van der Waals surface area (Å²) in [7, 11) is 1.83. The third-order valence-corrected chi connectivity index (χ3v) is 4.85. The Balaban J connectivity index is 0.00000261. The molecule has 0 aliphatic carbocycles. The van der Waals surface area contributed by atoms with E-state index in [1.54, 1.807) is 0 Å². The number of guanidine groups is 1. The Morgan fingerprint density at radius 1 is 1.07 bits per heavy atom. The number of nitrogens with zero attached hydrogens (tertiary/aromatic N) is 4. The van der Waals surface area contributed by atoms with Crippen LogP contribution in [0.5, 0.6) is 0 Å². The van der Waals surface area contributed by atoms with E-state index in [1.165, 1.54) is 43.5 Å². The zero-order valence-electron chi connectivity index (χ0n) is 16.1. The highest BCUT2D eigenvalue weighted by Gasteiger charge is 2.09. The zero-order chi connectivity index (χ0) is 18.0. The number of aromatic nitrogens is 2. The Bertz CT molecular complexity index is 680. The monoisotopic (exact) mass is 482 g/mol. The summed E-state index contributed by atoms with van der Waals surface area (Å²) in [5.41, 5.74) is 2.54. The quantitative estimate of drug-likeness (QED) is 0.362. The molecule has 0 saturated carbocycles. The number of hydrogen-bond acceptors (Lipinski definition) is 3. The van der Waals surface area contributed by atoms with E-state index in [0.717, 1.165) is 32.1 Å². The van der Waals surface area contributed by atoms with Gasteiger partial charge < -0.3 is 15.5 Å². The smallest absolute Gasteiger partial charge is 0.191 e. The molecule has 6 nitrogen and oxygen atoms in total. The van der Waals surface area contributed by atoms with Crippen molar-refractivity contribution < 1.29 is 0 Å². The maximum absolute atomic E-state index is 4.35. The summed E-state index contributed by atoms with van der Waals surface area (Å²) in [4.78, 5) is 6.88. The molecule has 148 valence electrons. The average molecular weight is 482 g/mol. The zero-order valence-corrected chi connectivity index (χ0v) is 18.4. The van der Waals surface area contributed by atoms with Gasteiger partial charge in [0.1, 0.15) is 0 Å². The van der Waals surface area contributed by atoms with Gasteiger partial charge in [-0.05, 0) is 43.1 Å². The minimum absolute atomic E-state index is 0. The summed E-state index contributed by atoms with van der Waals surface area (Å²) in [5, 5.41) is 11.2. The van der Waals surface area contributed by atoms with Crippen molar-refractivity contribution in [3.05, 3.63) is 53.9 Å². The summed E-state index contributed by atoms with van der Waals surface area (Å²) in [6.45, 7) is 6.00. The average Bonchev–Trinajstić information content (AvgIpc) is 3.19. The van der Waals surface area contributed by atoms with E-state index in [-0.39, 0.29) is 24.0 Å². The molecule has 0 atom stereocenters. The molecule has 3 rings (SSSR count). The maximum atomic E-state index is 4.35. The number of aliphatic imine (C=N–C) groups is 1. The van der Waals surface area contributed by atoms with Crippen LogP contribution in [-0.2, 0) is 13.1 Å². The molecule has 0 unspecified atom stereocenters. The van der Waals surface area contributed by atoms with Gasteiger partial charge in [-0.2, -0.15) is 5.10 Å². The van der Waals surface area contributed by atoms with Gasteiger partial charge in [-0.15, -0.1) is 24.0 Å². The molecule has 2 aromatic rings. The van der Waals surface area contributed by atoms with Gasteiger partial charge >= 0.3 is 0 Å². The van der Waals surface area contributed by atoms with Crippen LogP contribution in [0.3, 0.4) is 0 Å². The van der Waals surface area contributed by atoms with Crippen LogP contribution in [0, 0.1) is 0 Å². The second-order valence-electron chi connectivity index (χ2n) is 6.73. The van der Waals surface area contributed by atoms with Crippen LogP contribution in [0.4, 0.5) is 0 Å². The molecule has 1 aromatic heterocycles. The maximum Gasteiger partial charge on any atom is 0.191 e. The van der Waals surface area contributed by atoms with Crippen molar-refractivity contribution in [1.29, 1.82) is 0 Å². The Kier molecular flexibility index (Phi) is 9.61. The molecule has 2 N–H and O–H groups in total. The van der Waals surface area contributed by atoms with E-state index < -0.39 is 0 Å². The van der Waals surface area contributed by atoms with Gasteiger partial charge in [0.25, 0.3) is 0 Å². The number of hydrogen-bond donors (Lipinski definition) is 2. The molecule has 27 heavy (non-hydrogen) atoms. The molecule has 0 bridgehead atoms. The largest absolute Gasteiger partial charge is 0.355 e. The predicted molar refractivity (Wildman–Crippen MR) is 122 cm³/mol. The molecule has 1 aliphatic heterocycles. The molecular weight excluding hydrogens is 451 g/mol. The van der Waals surface area contributed by atoms with E-state index in [1.807, 2.05) is 30.2 Å². The van der Waals surface area contributed by atoms with Crippen LogP contribution in [0.25, 0.3) is 0 Å². The first-order chi connectivity index (χ1) is 12.8. The first kappa shape index (κ1) is 21.7. The number of rotatable bonds is 7. The Morgan fingerprint density at radius 2 is 1.85 bits per heavy atom. The van der Waals surface area contributed by atoms with Crippen LogP contribution in [0.2, 0.25) is 0 Å². The molecule has 1 aliphatic rings. The first-order valence-electron chi connectivity index (χ1n) is 9.56. The number of likely N-dealkylation sites (tertiary alicyclic amines) is 1. The van der Waals surface area contributed by atoms with Crippen molar-refractivity contribution in [3.8, 4) is 0 Å². The highest BCUT2D eigenvalue weighted by molar-refractivity contribution is 14.0. The Morgan fingerprint density at radius 3 is 2.56 bits per heavy atom. The van der Waals surface area contributed by atoms with Gasteiger partial charge in [0.05, 0.1) is 6.54 Å². The highest BCUT2D eigenvalue weighted by Crippen LogP contribution is 2.10. The standard InChI is InChI=1S/C20H30N6.HI/c1-21-20(22-11-15-25-12-5-2-6-13-25)23-16-18-8-3-4-9-19(18)17-26-14-7-10-24-26;/h3-4,7-10,14H,2,5-6,11-13,15-17H2,1H3,(H2,21,22,23);1H. The van der Waals surface area contributed by atoms with E-state index in [4.69, 9.17) is 0 Å². The number of halogens is 1. The molecule has 1 aromatic carbocycles. The molecule has 0 amide bonds. The van der Waals surface area contributed by atoms with Gasteiger partial charge in [-0.25, -0.2) is 0 Å². The molecule has 1 saturated heterocycles. The lowest BCUT2D eigenvalue weighted by Gasteiger charge is -2.26. The number of piperidine rings is 1. The molecule has 1 fully saturated rings. The summed E-state index contributed by atoms with van der Waals surface area (Å²) >= 11 is 0.